The molecule has 0 aliphatic carbocycles. The zero-order valence-electron chi connectivity index (χ0n) is 10.2. The van der Waals surface area contributed by atoms with Crippen molar-refractivity contribution >= 4 is 29.5 Å². The largest absolute Gasteiger partial charge is 0.449 e. The van der Waals surface area contributed by atoms with E-state index in [1.54, 1.807) is 26.0 Å². The van der Waals surface area contributed by atoms with Gasteiger partial charge in [-0.25, -0.2) is 9.59 Å². The van der Waals surface area contributed by atoms with Crippen molar-refractivity contribution in [3.05, 3.63) is 29.3 Å². The number of carbonyl (C=O) groups is 2. The van der Waals surface area contributed by atoms with Gasteiger partial charge >= 0.3 is 12.2 Å². The van der Waals surface area contributed by atoms with E-state index in [4.69, 9.17) is 21.1 Å². The summed E-state index contributed by atoms with van der Waals surface area (Å²) in [4.78, 5) is 24.3. The molecule has 0 fully saturated rings. The zero-order valence-corrected chi connectivity index (χ0v) is 10.9. The Bertz CT molecular complexity index is 401. The summed E-state index contributed by atoms with van der Waals surface area (Å²) in [6.07, 6.45) is -1.56. The van der Waals surface area contributed by atoms with Crippen LogP contribution in [0.3, 0.4) is 0 Å². The highest BCUT2D eigenvalue weighted by Crippen LogP contribution is 2.19. The van der Waals surface area contributed by atoms with Gasteiger partial charge in [-0.05, 0) is 38.1 Å². The average Bonchev–Trinajstić information content (AvgIpc) is 2.33. The van der Waals surface area contributed by atoms with E-state index in [1.165, 1.54) is 12.1 Å². The van der Waals surface area contributed by atoms with E-state index in [1.807, 2.05) is 0 Å². The summed E-state index contributed by atoms with van der Waals surface area (Å²) in [5, 5.41) is 0.506. The molecule has 98 valence electrons. The van der Waals surface area contributed by atoms with Crippen molar-refractivity contribution < 1.29 is 19.1 Å². The van der Waals surface area contributed by atoms with Gasteiger partial charge < -0.3 is 9.47 Å². The van der Waals surface area contributed by atoms with E-state index in [-0.39, 0.29) is 13.2 Å². The zero-order chi connectivity index (χ0) is 13.5. The molecule has 0 aliphatic heterocycles. The smallest absolute Gasteiger partial charge is 0.423 e. The van der Waals surface area contributed by atoms with E-state index in [0.29, 0.717) is 10.7 Å². The molecule has 0 radical (unpaired) electrons. The fourth-order valence-electron chi connectivity index (χ4n) is 1.25. The molecule has 18 heavy (non-hydrogen) atoms. The van der Waals surface area contributed by atoms with E-state index in [2.05, 4.69) is 0 Å². The van der Waals surface area contributed by atoms with Crippen LogP contribution in [0.15, 0.2) is 24.3 Å². The van der Waals surface area contributed by atoms with E-state index in [9.17, 15) is 9.59 Å². The summed E-state index contributed by atoms with van der Waals surface area (Å²) in [5.41, 5.74) is 0.344. The molecule has 0 spiro atoms. The van der Waals surface area contributed by atoms with Crippen LogP contribution in [0.5, 0.6) is 0 Å². The number of hydrogen-bond donors (Lipinski definition) is 0. The number of hydrogen-bond acceptors (Lipinski definition) is 4. The van der Waals surface area contributed by atoms with Gasteiger partial charge in [0.15, 0.2) is 0 Å². The summed E-state index contributed by atoms with van der Waals surface area (Å²) in [6, 6.07) is 6.22. The number of nitrogens with zero attached hydrogens (tertiary/aromatic N) is 1. The lowest BCUT2D eigenvalue weighted by Gasteiger charge is -2.19. The van der Waals surface area contributed by atoms with Crippen molar-refractivity contribution in [3.8, 4) is 0 Å². The lowest BCUT2D eigenvalue weighted by atomic mass is 10.3. The molecule has 0 bridgehead atoms. The maximum absolute atomic E-state index is 11.7. The molecule has 0 aliphatic rings. The maximum Gasteiger partial charge on any atom is 0.423 e. The molecule has 2 amide bonds. The van der Waals surface area contributed by atoms with Crippen molar-refractivity contribution in [2.24, 2.45) is 0 Å². The molecule has 1 aromatic rings. The SMILES string of the molecule is CCOC(=O)N(C(=O)OCC)c1ccc(Cl)cc1. The molecule has 0 heterocycles. The van der Waals surface area contributed by atoms with E-state index >= 15 is 0 Å². The predicted molar refractivity (Wildman–Crippen MR) is 68.0 cm³/mol. The number of halogens is 1. The van der Waals surface area contributed by atoms with Gasteiger partial charge in [-0.2, -0.15) is 4.90 Å². The second kappa shape index (κ2) is 6.86. The minimum absolute atomic E-state index is 0.169. The van der Waals surface area contributed by atoms with Crippen molar-refractivity contribution in [2.75, 3.05) is 18.1 Å². The Balaban J connectivity index is 2.99. The Morgan fingerprint density at radius 1 is 1.06 bits per heavy atom. The first-order valence-electron chi connectivity index (χ1n) is 5.49. The molecule has 0 saturated carbocycles. The minimum Gasteiger partial charge on any atom is -0.449 e. The van der Waals surface area contributed by atoms with Crippen LogP contribution in [0.25, 0.3) is 0 Å². The number of ether oxygens (including phenoxy) is 2. The highest BCUT2D eigenvalue weighted by atomic mass is 35.5. The first kappa shape index (κ1) is 14.3. The third-order valence-electron chi connectivity index (χ3n) is 1.99. The van der Waals surface area contributed by atoms with E-state index in [0.717, 1.165) is 4.90 Å². The number of imide groups is 1. The van der Waals surface area contributed by atoms with Gasteiger partial charge in [0.25, 0.3) is 0 Å². The Morgan fingerprint density at radius 3 is 1.89 bits per heavy atom. The number of rotatable bonds is 3. The molecule has 0 aromatic heterocycles. The number of benzene rings is 1. The molecule has 0 unspecified atom stereocenters. The Kier molecular flexibility index (Phi) is 5.45. The highest BCUT2D eigenvalue weighted by molar-refractivity contribution is 6.30. The predicted octanol–water partition coefficient (Wildman–Crippen LogP) is 3.46. The van der Waals surface area contributed by atoms with Crippen LogP contribution >= 0.6 is 11.6 Å². The molecule has 0 atom stereocenters. The van der Waals surface area contributed by atoms with Crippen LogP contribution < -0.4 is 4.90 Å². The first-order valence-corrected chi connectivity index (χ1v) is 5.87. The average molecular weight is 272 g/mol. The molecule has 1 rings (SSSR count). The Hall–Kier alpha value is -1.75. The molecular weight excluding hydrogens is 258 g/mol. The number of carbonyl (C=O) groups excluding carboxylic acids is 2. The van der Waals surface area contributed by atoms with Crippen molar-refractivity contribution in [1.82, 2.24) is 0 Å². The van der Waals surface area contributed by atoms with Gasteiger partial charge in [0, 0.05) is 5.02 Å². The minimum atomic E-state index is -0.779. The van der Waals surface area contributed by atoms with Crippen molar-refractivity contribution in [2.45, 2.75) is 13.8 Å². The fourth-order valence-corrected chi connectivity index (χ4v) is 1.38. The first-order chi connectivity index (χ1) is 8.60. The van der Waals surface area contributed by atoms with Crippen LogP contribution in [-0.2, 0) is 9.47 Å². The Morgan fingerprint density at radius 2 is 1.50 bits per heavy atom. The molecule has 0 saturated heterocycles. The molecule has 5 nitrogen and oxygen atoms in total. The second-order valence-electron chi connectivity index (χ2n) is 3.21. The van der Waals surface area contributed by atoms with Gasteiger partial charge in [-0.3, -0.25) is 0 Å². The highest BCUT2D eigenvalue weighted by Gasteiger charge is 2.25. The molecule has 0 N–H and O–H groups in total. The lowest BCUT2D eigenvalue weighted by molar-refractivity contribution is 0.140. The molecular formula is C12H14ClNO4. The lowest BCUT2D eigenvalue weighted by Crippen LogP contribution is -2.37. The fraction of sp³-hybridized carbons (Fsp3) is 0.333. The Labute approximate surface area is 110 Å². The third kappa shape index (κ3) is 3.63. The van der Waals surface area contributed by atoms with Crippen LogP contribution in [0, 0.1) is 0 Å². The van der Waals surface area contributed by atoms with Gasteiger partial charge in [0.05, 0.1) is 18.9 Å². The normalized spacial score (nSPS) is 9.72. The summed E-state index contributed by atoms with van der Waals surface area (Å²) in [7, 11) is 0. The topological polar surface area (TPSA) is 55.8 Å². The standard InChI is InChI=1S/C12H14ClNO4/c1-3-17-11(15)14(12(16)18-4-2)10-7-5-9(13)6-8-10/h5-8H,3-4H2,1-2H3. The summed E-state index contributed by atoms with van der Waals surface area (Å²) in [5.74, 6) is 0. The second-order valence-corrected chi connectivity index (χ2v) is 3.65. The summed E-state index contributed by atoms with van der Waals surface area (Å²) in [6.45, 7) is 3.65. The maximum atomic E-state index is 11.7. The van der Waals surface area contributed by atoms with E-state index < -0.39 is 12.2 Å². The third-order valence-corrected chi connectivity index (χ3v) is 2.24. The van der Waals surface area contributed by atoms with Gasteiger partial charge in [-0.1, -0.05) is 11.6 Å². The van der Waals surface area contributed by atoms with Crippen LogP contribution in [0.1, 0.15) is 13.8 Å². The van der Waals surface area contributed by atoms with Crippen LogP contribution in [-0.4, -0.2) is 25.4 Å². The number of amides is 2. The summed E-state index contributed by atoms with van der Waals surface area (Å²) < 4.78 is 9.62. The van der Waals surface area contributed by atoms with Crippen LogP contribution in [0.2, 0.25) is 5.02 Å². The monoisotopic (exact) mass is 271 g/mol. The van der Waals surface area contributed by atoms with Crippen LogP contribution in [0.4, 0.5) is 15.3 Å². The van der Waals surface area contributed by atoms with Crippen molar-refractivity contribution in [1.29, 1.82) is 0 Å². The quantitative estimate of drug-likeness (QED) is 0.845. The van der Waals surface area contributed by atoms with Gasteiger partial charge in [0.2, 0.25) is 0 Å². The molecule has 1 aromatic carbocycles. The molecule has 6 heteroatoms. The van der Waals surface area contributed by atoms with Gasteiger partial charge in [0.1, 0.15) is 0 Å². The summed E-state index contributed by atoms with van der Waals surface area (Å²) >= 11 is 5.75. The number of anilines is 1. The van der Waals surface area contributed by atoms with Crippen molar-refractivity contribution in [3.63, 3.8) is 0 Å². The van der Waals surface area contributed by atoms with Gasteiger partial charge in [-0.15, -0.1) is 0 Å².